The zero-order chi connectivity index (χ0) is 25.5. The number of hydrogen-bond donors (Lipinski definition) is 3. The summed E-state index contributed by atoms with van der Waals surface area (Å²) in [7, 11) is 1.72. The third-order valence-electron chi connectivity index (χ3n) is 6.39. The van der Waals surface area contributed by atoms with Gasteiger partial charge in [-0.1, -0.05) is 12.1 Å². The number of aromatic nitrogens is 4. The Kier molecular flexibility index (Phi) is 7.87. The van der Waals surface area contributed by atoms with E-state index < -0.39 is 0 Å². The first-order valence-electron chi connectivity index (χ1n) is 12.4. The molecule has 4 aromatic rings. The Labute approximate surface area is 215 Å². The Bertz CT molecular complexity index is 1330. The van der Waals surface area contributed by atoms with Gasteiger partial charge >= 0.3 is 0 Å². The van der Waals surface area contributed by atoms with Gasteiger partial charge in [0, 0.05) is 55.6 Å². The number of methoxy groups -OCH3 is 1. The van der Waals surface area contributed by atoms with Crippen molar-refractivity contribution in [3.05, 3.63) is 60.9 Å². The van der Waals surface area contributed by atoms with Crippen LogP contribution < -0.4 is 15.4 Å². The SMILES string of the molecule is COCCN1CCC(NC(=O)COc2cccc(-c3nccc(Nc4ccc5[nH]ncc5c4)n3)c2)CC1. The first-order chi connectivity index (χ1) is 18.2. The largest absolute Gasteiger partial charge is 0.484 e. The molecule has 0 unspecified atom stereocenters. The number of fused-ring (bicyclic) bond motifs is 1. The van der Waals surface area contributed by atoms with Crippen molar-refractivity contribution in [1.82, 2.24) is 30.4 Å². The Hall–Kier alpha value is -4.02. The van der Waals surface area contributed by atoms with Crippen molar-refractivity contribution in [2.24, 2.45) is 0 Å². The number of rotatable bonds is 10. The molecule has 0 saturated carbocycles. The van der Waals surface area contributed by atoms with Crippen molar-refractivity contribution in [3.63, 3.8) is 0 Å². The molecule has 10 heteroatoms. The van der Waals surface area contributed by atoms with E-state index in [1.165, 1.54) is 0 Å². The molecule has 0 bridgehead atoms. The number of hydrogen-bond acceptors (Lipinski definition) is 8. The van der Waals surface area contributed by atoms with Gasteiger partial charge in [-0.3, -0.25) is 9.89 Å². The minimum atomic E-state index is -0.113. The molecule has 0 spiro atoms. The highest BCUT2D eigenvalue weighted by molar-refractivity contribution is 5.82. The lowest BCUT2D eigenvalue weighted by molar-refractivity contribution is -0.124. The topological polar surface area (TPSA) is 117 Å². The van der Waals surface area contributed by atoms with Gasteiger partial charge in [0.15, 0.2) is 12.4 Å². The molecule has 37 heavy (non-hydrogen) atoms. The van der Waals surface area contributed by atoms with Gasteiger partial charge in [0.05, 0.1) is 18.3 Å². The number of carbonyl (C=O) groups is 1. The Morgan fingerprint density at radius 3 is 2.92 bits per heavy atom. The predicted molar refractivity (Wildman–Crippen MR) is 142 cm³/mol. The van der Waals surface area contributed by atoms with E-state index in [4.69, 9.17) is 9.47 Å². The van der Waals surface area contributed by atoms with E-state index >= 15 is 0 Å². The van der Waals surface area contributed by atoms with E-state index in [0.29, 0.717) is 17.4 Å². The Morgan fingerprint density at radius 2 is 2.05 bits per heavy atom. The van der Waals surface area contributed by atoms with Crippen LogP contribution in [0.5, 0.6) is 5.75 Å². The zero-order valence-corrected chi connectivity index (χ0v) is 20.8. The third-order valence-corrected chi connectivity index (χ3v) is 6.39. The standard InChI is InChI=1S/C27H31N7O3/c1-36-14-13-34-11-8-21(9-12-34)31-26(35)18-37-23-4-2-3-19(16-23)27-28-10-7-25(32-27)30-22-5-6-24-20(15-22)17-29-33-24/h2-7,10,15-17,21H,8-9,11-14,18H2,1H3,(H,29,33)(H,31,35)(H,28,30,32). The fourth-order valence-corrected chi connectivity index (χ4v) is 4.40. The summed E-state index contributed by atoms with van der Waals surface area (Å²) in [6.07, 6.45) is 5.36. The number of benzene rings is 2. The van der Waals surface area contributed by atoms with Gasteiger partial charge in [0.25, 0.3) is 5.91 Å². The van der Waals surface area contributed by atoms with Crippen LogP contribution in [0.25, 0.3) is 22.3 Å². The summed E-state index contributed by atoms with van der Waals surface area (Å²) in [5.41, 5.74) is 2.68. The number of nitrogens with one attached hydrogen (secondary N) is 3. The second-order valence-electron chi connectivity index (χ2n) is 9.06. The van der Waals surface area contributed by atoms with Crippen molar-refractivity contribution in [2.75, 3.05) is 45.3 Å². The van der Waals surface area contributed by atoms with E-state index in [9.17, 15) is 4.79 Å². The van der Waals surface area contributed by atoms with Gasteiger partial charge in [-0.2, -0.15) is 5.10 Å². The number of carbonyl (C=O) groups excluding carboxylic acids is 1. The minimum Gasteiger partial charge on any atom is -0.484 e. The van der Waals surface area contributed by atoms with Gasteiger partial charge in [-0.15, -0.1) is 0 Å². The van der Waals surface area contributed by atoms with Crippen molar-refractivity contribution in [3.8, 4) is 17.1 Å². The molecule has 10 nitrogen and oxygen atoms in total. The van der Waals surface area contributed by atoms with Crippen LogP contribution in [0, 0.1) is 0 Å². The summed E-state index contributed by atoms with van der Waals surface area (Å²) < 4.78 is 10.9. The average molecular weight is 502 g/mol. The second-order valence-corrected chi connectivity index (χ2v) is 9.06. The van der Waals surface area contributed by atoms with Gasteiger partial charge in [0.1, 0.15) is 11.6 Å². The molecule has 2 aromatic heterocycles. The van der Waals surface area contributed by atoms with Gasteiger partial charge < -0.3 is 25.0 Å². The molecule has 1 fully saturated rings. The quantitative estimate of drug-likeness (QED) is 0.303. The molecular formula is C27H31N7O3. The maximum atomic E-state index is 12.5. The van der Waals surface area contributed by atoms with Crippen LogP contribution >= 0.6 is 0 Å². The molecule has 0 atom stereocenters. The van der Waals surface area contributed by atoms with Crippen LogP contribution in [0.4, 0.5) is 11.5 Å². The molecule has 5 rings (SSSR count). The molecular weight excluding hydrogens is 470 g/mol. The van der Waals surface area contributed by atoms with Crippen molar-refractivity contribution in [2.45, 2.75) is 18.9 Å². The fraction of sp³-hybridized carbons (Fsp3) is 0.333. The second kappa shape index (κ2) is 11.8. The summed E-state index contributed by atoms with van der Waals surface area (Å²) in [5.74, 6) is 1.71. The van der Waals surface area contributed by atoms with Crippen molar-refractivity contribution >= 4 is 28.3 Å². The van der Waals surface area contributed by atoms with Crippen LogP contribution in [0.3, 0.4) is 0 Å². The Morgan fingerprint density at radius 1 is 1.16 bits per heavy atom. The minimum absolute atomic E-state index is 0.0354. The summed E-state index contributed by atoms with van der Waals surface area (Å²) >= 11 is 0. The maximum Gasteiger partial charge on any atom is 0.258 e. The number of amides is 1. The Balaban J connectivity index is 1.15. The monoisotopic (exact) mass is 501 g/mol. The molecule has 0 aliphatic carbocycles. The number of aromatic amines is 1. The van der Waals surface area contributed by atoms with E-state index in [0.717, 1.165) is 61.2 Å². The number of H-pyrrole nitrogens is 1. The molecule has 1 amide bonds. The van der Waals surface area contributed by atoms with Crippen molar-refractivity contribution < 1.29 is 14.3 Å². The van der Waals surface area contributed by atoms with E-state index in [-0.39, 0.29) is 18.6 Å². The number of nitrogens with zero attached hydrogens (tertiary/aromatic N) is 4. The first kappa shape index (κ1) is 24.7. The van der Waals surface area contributed by atoms with Crippen LogP contribution in [-0.4, -0.2) is 77.0 Å². The van der Waals surface area contributed by atoms with E-state index in [1.807, 2.05) is 48.5 Å². The van der Waals surface area contributed by atoms with Crippen LogP contribution in [0.15, 0.2) is 60.9 Å². The maximum absolute atomic E-state index is 12.5. The van der Waals surface area contributed by atoms with Crippen LogP contribution in [0.2, 0.25) is 0 Å². The smallest absolute Gasteiger partial charge is 0.258 e. The van der Waals surface area contributed by atoms with Crippen LogP contribution in [0.1, 0.15) is 12.8 Å². The summed E-state index contributed by atoms with van der Waals surface area (Å²) in [6, 6.07) is 15.4. The first-order valence-corrected chi connectivity index (χ1v) is 12.4. The summed E-state index contributed by atoms with van der Waals surface area (Å²) in [5, 5.41) is 14.4. The third kappa shape index (κ3) is 6.60. The number of ether oxygens (including phenoxy) is 2. The molecule has 1 aliphatic rings. The highest BCUT2D eigenvalue weighted by Crippen LogP contribution is 2.24. The lowest BCUT2D eigenvalue weighted by Crippen LogP contribution is -2.46. The molecule has 2 aromatic carbocycles. The molecule has 192 valence electrons. The molecule has 3 N–H and O–H groups in total. The molecule has 1 saturated heterocycles. The van der Waals surface area contributed by atoms with E-state index in [1.54, 1.807) is 19.5 Å². The lowest BCUT2D eigenvalue weighted by atomic mass is 10.1. The fourth-order valence-electron chi connectivity index (χ4n) is 4.40. The van der Waals surface area contributed by atoms with Crippen LogP contribution in [-0.2, 0) is 9.53 Å². The molecule has 1 aliphatic heterocycles. The number of likely N-dealkylation sites (tertiary alicyclic amines) is 1. The molecule has 3 heterocycles. The van der Waals surface area contributed by atoms with Gasteiger partial charge in [-0.25, -0.2) is 9.97 Å². The molecule has 0 radical (unpaired) electrons. The summed E-state index contributed by atoms with van der Waals surface area (Å²) in [6.45, 7) is 3.55. The van der Waals surface area contributed by atoms with Gasteiger partial charge in [-0.05, 0) is 49.2 Å². The predicted octanol–water partition coefficient (Wildman–Crippen LogP) is 3.37. The van der Waals surface area contributed by atoms with Gasteiger partial charge in [0.2, 0.25) is 0 Å². The van der Waals surface area contributed by atoms with E-state index in [2.05, 4.69) is 35.7 Å². The van der Waals surface area contributed by atoms with Crippen molar-refractivity contribution in [1.29, 1.82) is 0 Å². The highest BCUT2D eigenvalue weighted by atomic mass is 16.5. The normalized spacial score (nSPS) is 14.5. The average Bonchev–Trinajstić information content (AvgIpc) is 3.40. The highest BCUT2D eigenvalue weighted by Gasteiger charge is 2.20. The zero-order valence-electron chi connectivity index (χ0n) is 20.8. The lowest BCUT2D eigenvalue weighted by Gasteiger charge is -2.32. The number of piperidine rings is 1. The number of anilines is 2. The summed E-state index contributed by atoms with van der Waals surface area (Å²) in [4.78, 5) is 23.9.